The van der Waals surface area contributed by atoms with E-state index in [0.717, 1.165) is 4.88 Å². The van der Waals surface area contributed by atoms with E-state index in [2.05, 4.69) is 5.32 Å². The molecule has 0 bridgehead atoms. The van der Waals surface area contributed by atoms with E-state index in [9.17, 15) is 18.0 Å². The van der Waals surface area contributed by atoms with Crippen molar-refractivity contribution in [1.82, 2.24) is 0 Å². The van der Waals surface area contributed by atoms with Crippen LogP contribution in [0.3, 0.4) is 0 Å². The molecule has 1 atom stereocenters. The molecular weight excluding hydrogens is 302 g/mol. The zero-order chi connectivity index (χ0) is 14.9. The predicted octanol–water partition coefficient (Wildman–Crippen LogP) is 1.38. The summed E-state index contributed by atoms with van der Waals surface area (Å²) in [6.07, 6.45) is 0.973. The van der Waals surface area contributed by atoms with Crippen LogP contribution in [0.2, 0.25) is 0 Å². The Bertz CT molecular complexity index is 647. The standard InChI is InChI=1S/C12H15NO5S2/c1-2-8-5-9(12(15)16)11(19-8)13-10(14)7-3-4-20(17,18)6-7/h5,7H,2-4,6H2,1H3,(H,13,14)(H,15,16). The largest absolute Gasteiger partial charge is 0.478 e. The Kier molecular flexibility index (Phi) is 4.14. The maximum atomic E-state index is 12.0. The number of thiophene rings is 1. The second-order valence-corrected chi connectivity index (χ2v) is 8.07. The first kappa shape index (κ1) is 15.0. The highest BCUT2D eigenvalue weighted by Gasteiger charge is 2.33. The molecular formula is C12H15NO5S2. The fraction of sp³-hybridized carbons (Fsp3) is 0.500. The number of nitrogens with one attached hydrogen (secondary N) is 1. The minimum Gasteiger partial charge on any atom is -0.478 e. The zero-order valence-electron chi connectivity index (χ0n) is 10.9. The minimum absolute atomic E-state index is 0.0154. The number of hydrogen-bond donors (Lipinski definition) is 2. The van der Waals surface area contributed by atoms with Crippen LogP contribution in [-0.4, -0.2) is 36.9 Å². The van der Waals surface area contributed by atoms with Crippen molar-refractivity contribution in [2.24, 2.45) is 5.92 Å². The average molecular weight is 317 g/mol. The second-order valence-electron chi connectivity index (χ2n) is 4.70. The van der Waals surface area contributed by atoms with Gasteiger partial charge < -0.3 is 10.4 Å². The van der Waals surface area contributed by atoms with Crippen LogP contribution in [0.25, 0.3) is 0 Å². The normalized spacial score (nSPS) is 20.8. The van der Waals surface area contributed by atoms with Gasteiger partial charge in [0.05, 0.1) is 23.0 Å². The summed E-state index contributed by atoms with van der Waals surface area (Å²) in [5, 5.41) is 11.9. The number of aromatic carboxylic acids is 1. The topological polar surface area (TPSA) is 101 Å². The number of carbonyl (C=O) groups is 2. The Balaban J connectivity index is 2.16. The third kappa shape index (κ3) is 3.18. The van der Waals surface area contributed by atoms with Gasteiger partial charge in [-0.1, -0.05) is 6.92 Å². The van der Waals surface area contributed by atoms with Crippen LogP contribution in [0.5, 0.6) is 0 Å². The summed E-state index contributed by atoms with van der Waals surface area (Å²) in [6.45, 7) is 1.90. The Morgan fingerprint density at radius 3 is 2.70 bits per heavy atom. The Morgan fingerprint density at radius 1 is 1.50 bits per heavy atom. The van der Waals surface area contributed by atoms with Gasteiger partial charge in [-0.15, -0.1) is 11.3 Å². The average Bonchev–Trinajstić information content (AvgIpc) is 2.92. The van der Waals surface area contributed by atoms with Gasteiger partial charge in [0.1, 0.15) is 5.00 Å². The van der Waals surface area contributed by atoms with E-state index in [1.165, 1.54) is 17.4 Å². The number of anilines is 1. The van der Waals surface area contributed by atoms with Crippen LogP contribution in [-0.2, 0) is 21.1 Å². The number of carboxylic acid groups (broad SMARTS) is 1. The van der Waals surface area contributed by atoms with Crippen LogP contribution in [0, 0.1) is 5.92 Å². The number of amides is 1. The molecule has 1 aliphatic rings. The Morgan fingerprint density at radius 2 is 2.20 bits per heavy atom. The summed E-state index contributed by atoms with van der Waals surface area (Å²) in [7, 11) is -3.13. The summed E-state index contributed by atoms with van der Waals surface area (Å²) >= 11 is 1.21. The highest BCUT2D eigenvalue weighted by molar-refractivity contribution is 7.91. The lowest BCUT2D eigenvalue weighted by Gasteiger charge is -2.08. The molecule has 0 saturated carbocycles. The van der Waals surface area contributed by atoms with Gasteiger partial charge in [-0.25, -0.2) is 13.2 Å². The molecule has 1 saturated heterocycles. The number of carbonyl (C=O) groups excluding carboxylic acids is 1. The molecule has 110 valence electrons. The maximum Gasteiger partial charge on any atom is 0.338 e. The van der Waals surface area contributed by atoms with Gasteiger partial charge in [-0.2, -0.15) is 0 Å². The lowest BCUT2D eigenvalue weighted by atomic mass is 10.1. The van der Waals surface area contributed by atoms with Crippen molar-refractivity contribution >= 4 is 38.1 Å². The molecule has 1 aromatic heterocycles. The predicted molar refractivity (Wildman–Crippen MR) is 76.0 cm³/mol. The first-order valence-corrected chi connectivity index (χ1v) is 8.83. The number of carboxylic acids is 1. The highest BCUT2D eigenvalue weighted by atomic mass is 32.2. The van der Waals surface area contributed by atoms with Gasteiger partial charge >= 0.3 is 5.97 Å². The zero-order valence-corrected chi connectivity index (χ0v) is 12.5. The lowest BCUT2D eigenvalue weighted by Crippen LogP contribution is -2.24. The van der Waals surface area contributed by atoms with Gasteiger partial charge in [-0.3, -0.25) is 4.79 Å². The van der Waals surface area contributed by atoms with Crippen molar-refractivity contribution in [3.05, 3.63) is 16.5 Å². The summed E-state index contributed by atoms with van der Waals surface area (Å²) < 4.78 is 22.7. The van der Waals surface area contributed by atoms with Crippen molar-refractivity contribution in [2.45, 2.75) is 19.8 Å². The van der Waals surface area contributed by atoms with Crippen molar-refractivity contribution in [3.63, 3.8) is 0 Å². The van der Waals surface area contributed by atoms with Crippen molar-refractivity contribution in [2.75, 3.05) is 16.8 Å². The summed E-state index contributed by atoms with van der Waals surface area (Å²) in [5.41, 5.74) is 0.0565. The molecule has 2 N–H and O–H groups in total. The molecule has 0 aliphatic carbocycles. The molecule has 1 aromatic rings. The Labute approximate surface area is 120 Å². The van der Waals surface area contributed by atoms with Gasteiger partial charge in [0.15, 0.2) is 9.84 Å². The second kappa shape index (κ2) is 5.53. The Hall–Kier alpha value is -1.41. The van der Waals surface area contributed by atoms with Gasteiger partial charge in [-0.05, 0) is 18.9 Å². The van der Waals surface area contributed by atoms with E-state index >= 15 is 0 Å². The molecule has 6 nitrogen and oxygen atoms in total. The van der Waals surface area contributed by atoms with Gasteiger partial charge in [0.25, 0.3) is 0 Å². The monoisotopic (exact) mass is 317 g/mol. The fourth-order valence-electron chi connectivity index (χ4n) is 2.08. The third-order valence-electron chi connectivity index (χ3n) is 3.20. The van der Waals surface area contributed by atoms with E-state index in [0.29, 0.717) is 12.8 Å². The van der Waals surface area contributed by atoms with Crippen molar-refractivity contribution in [1.29, 1.82) is 0 Å². The summed E-state index contributed by atoms with van der Waals surface area (Å²) in [5.74, 6) is -2.25. The van der Waals surface area contributed by atoms with E-state index in [4.69, 9.17) is 5.11 Å². The molecule has 1 amide bonds. The summed E-state index contributed by atoms with van der Waals surface area (Å²) in [6, 6.07) is 1.54. The van der Waals surface area contributed by atoms with Crippen molar-refractivity contribution in [3.8, 4) is 0 Å². The van der Waals surface area contributed by atoms with Crippen LogP contribution >= 0.6 is 11.3 Å². The van der Waals surface area contributed by atoms with Gasteiger partial charge in [0.2, 0.25) is 5.91 Å². The molecule has 1 fully saturated rings. The van der Waals surface area contributed by atoms with E-state index < -0.39 is 27.6 Å². The van der Waals surface area contributed by atoms with Crippen molar-refractivity contribution < 1.29 is 23.1 Å². The number of sulfone groups is 1. The van der Waals surface area contributed by atoms with Crippen LogP contribution in [0.15, 0.2) is 6.07 Å². The highest BCUT2D eigenvalue weighted by Crippen LogP contribution is 2.30. The molecule has 1 aliphatic heterocycles. The lowest BCUT2D eigenvalue weighted by molar-refractivity contribution is -0.119. The number of aryl methyl sites for hydroxylation is 1. The first-order chi connectivity index (χ1) is 9.32. The first-order valence-electron chi connectivity index (χ1n) is 6.19. The molecule has 1 unspecified atom stereocenters. The minimum atomic E-state index is -3.13. The fourth-order valence-corrected chi connectivity index (χ4v) is 4.82. The van der Waals surface area contributed by atoms with E-state index in [1.54, 1.807) is 0 Å². The van der Waals surface area contributed by atoms with E-state index in [1.807, 2.05) is 6.92 Å². The molecule has 2 rings (SSSR count). The molecule has 0 aromatic carbocycles. The molecule has 8 heteroatoms. The van der Waals surface area contributed by atoms with Crippen LogP contribution in [0.1, 0.15) is 28.6 Å². The quantitative estimate of drug-likeness (QED) is 0.874. The molecule has 0 radical (unpaired) electrons. The van der Waals surface area contributed by atoms with E-state index in [-0.39, 0.29) is 22.1 Å². The number of rotatable bonds is 4. The molecule has 20 heavy (non-hydrogen) atoms. The summed E-state index contributed by atoms with van der Waals surface area (Å²) in [4.78, 5) is 24.0. The maximum absolute atomic E-state index is 12.0. The van der Waals surface area contributed by atoms with Gasteiger partial charge in [0, 0.05) is 4.88 Å². The molecule has 0 spiro atoms. The third-order valence-corrected chi connectivity index (χ3v) is 6.16. The smallest absolute Gasteiger partial charge is 0.338 e. The molecule has 2 heterocycles. The SMILES string of the molecule is CCc1cc(C(=O)O)c(NC(=O)C2CCS(=O)(=O)C2)s1. The number of hydrogen-bond acceptors (Lipinski definition) is 5. The van der Waals surface area contributed by atoms with Crippen LogP contribution in [0.4, 0.5) is 5.00 Å². The van der Waals surface area contributed by atoms with Crippen LogP contribution < -0.4 is 5.32 Å².